The van der Waals surface area contributed by atoms with E-state index in [-0.39, 0.29) is 17.6 Å². The molecule has 0 bridgehead atoms. The maximum absolute atomic E-state index is 13.1. The van der Waals surface area contributed by atoms with Gasteiger partial charge in [-0.3, -0.25) is 10.1 Å². The molecular formula is C20H15FN4O3S. The van der Waals surface area contributed by atoms with Gasteiger partial charge >= 0.3 is 0 Å². The molecule has 2 aromatic carbocycles. The molecule has 0 aliphatic carbocycles. The van der Waals surface area contributed by atoms with E-state index in [1.54, 1.807) is 50.4 Å². The number of thiazole rings is 1. The third kappa shape index (κ3) is 3.99. The summed E-state index contributed by atoms with van der Waals surface area (Å²) in [7, 11) is 1.56. The minimum absolute atomic E-state index is 0.282. The van der Waals surface area contributed by atoms with Crippen LogP contribution in [0.5, 0.6) is 5.75 Å². The number of carbonyl (C=O) groups excluding carboxylic acids is 1. The first-order valence-corrected chi connectivity index (χ1v) is 9.38. The summed E-state index contributed by atoms with van der Waals surface area (Å²) in [6, 6.07) is 12.6. The van der Waals surface area contributed by atoms with Crippen LogP contribution < -0.4 is 10.1 Å². The normalized spacial score (nSPS) is 10.7. The van der Waals surface area contributed by atoms with Gasteiger partial charge in [-0.1, -0.05) is 16.5 Å². The number of rotatable bonds is 5. The SMILES string of the molecule is COc1ccc(C(=O)Nc2nc(C)c(-c3nc(-c4ccc(F)cc4)no3)s2)cc1. The van der Waals surface area contributed by atoms with E-state index in [1.807, 2.05) is 0 Å². The van der Waals surface area contributed by atoms with E-state index in [2.05, 4.69) is 20.4 Å². The summed E-state index contributed by atoms with van der Waals surface area (Å²) < 4.78 is 23.5. The first-order chi connectivity index (χ1) is 14.0. The Kier molecular flexibility index (Phi) is 5.05. The number of anilines is 1. The van der Waals surface area contributed by atoms with Crippen LogP contribution in [0.1, 0.15) is 16.1 Å². The molecule has 2 aromatic heterocycles. The molecule has 0 aliphatic heterocycles. The lowest BCUT2D eigenvalue weighted by molar-refractivity contribution is 0.102. The largest absolute Gasteiger partial charge is 0.497 e. The number of hydrogen-bond donors (Lipinski definition) is 1. The quantitative estimate of drug-likeness (QED) is 0.518. The van der Waals surface area contributed by atoms with Crippen LogP contribution in [0.3, 0.4) is 0 Å². The highest BCUT2D eigenvalue weighted by Gasteiger charge is 2.18. The van der Waals surface area contributed by atoms with Gasteiger partial charge in [0, 0.05) is 11.1 Å². The molecule has 9 heteroatoms. The van der Waals surface area contributed by atoms with E-state index in [9.17, 15) is 9.18 Å². The lowest BCUT2D eigenvalue weighted by atomic mass is 10.2. The number of benzene rings is 2. The van der Waals surface area contributed by atoms with Gasteiger partial charge in [0.1, 0.15) is 16.4 Å². The van der Waals surface area contributed by atoms with Crippen molar-refractivity contribution in [3.05, 3.63) is 65.6 Å². The molecule has 0 spiro atoms. The maximum atomic E-state index is 13.1. The molecule has 29 heavy (non-hydrogen) atoms. The van der Waals surface area contributed by atoms with E-state index in [0.29, 0.717) is 38.4 Å². The summed E-state index contributed by atoms with van der Waals surface area (Å²) in [6.45, 7) is 1.79. The van der Waals surface area contributed by atoms with Crippen molar-refractivity contribution in [1.29, 1.82) is 0 Å². The molecule has 1 amide bonds. The summed E-state index contributed by atoms with van der Waals surface area (Å²) in [6.07, 6.45) is 0. The monoisotopic (exact) mass is 410 g/mol. The van der Waals surface area contributed by atoms with Crippen molar-refractivity contribution in [3.8, 4) is 27.9 Å². The molecule has 146 valence electrons. The molecule has 4 rings (SSSR count). The van der Waals surface area contributed by atoms with Crippen molar-refractivity contribution in [2.24, 2.45) is 0 Å². The van der Waals surface area contributed by atoms with E-state index in [0.717, 1.165) is 0 Å². The summed E-state index contributed by atoms with van der Waals surface area (Å²) in [4.78, 5) is 21.8. The zero-order chi connectivity index (χ0) is 20.4. The van der Waals surface area contributed by atoms with Crippen molar-refractivity contribution < 1.29 is 18.4 Å². The zero-order valence-corrected chi connectivity index (χ0v) is 16.3. The third-order valence-electron chi connectivity index (χ3n) is 4.09. The number of ether oxygens (including phenoxy) is 1. The second kappa shape index (κ2) is 7.80. The first-order valence-electron chi connectivity index (χ1n) is 8.56. The first kappa shape index (κ1) is 18.8. The highest BCUT2D eigenvalue weighted by Crippen LogP contribution is 2.33. The van der Waals surface area contributed by atoms with Gasteiger partial charge in [-0.15, -0.1) is 0 Å². The van der Waals surface area contributed by atoms with Crippen molar-refractivity contribution in [2.75, 3.05) is 12.4 Å². The summed E-state index contributed by atoms with van der Waals surface area (Å²) in [5.41, 5.74) is 1.77. The fraction of sp³-hybridized carbons (Fsp3) is 0.100. The van der Waals surface area contributed by atoms with Crippen LogP contribution in [0.15, 0.2) is 53.1 Å². The lowest BCUT2D eigenvalue weighted by Gasteiger charge is -2.03. The molecule has 0 atom stereocenters. The van der Waals surface area contributed by atoms with Gasteiger partial charge in [0.25, 0.3) is 11.8 Å². The second-order valence-electron chi connectivity index (χ2n) is 6.05. The van der Waals surface area contributed by atoms with Crippen molar-refractivity contribution in [2.45, 2.75) is 6.92 Å². The number of amides is 1. The zero-order valence-electron chi connectivity index (χ0n) is 15.5. The Hall–Kier alpha value is -3.59. The summed E-state index contributed by atoms with van der Waals surface area (Å²) in [5.74, 6) is 0.668. The Labute approximate surface area is 169 Å². The molecule has 7 nitrogen and oxygen atoms in total. The molecule has 1 N–H and O–H groups in total. The van der Waals surface area contributed by atoms with Gasteiger partial charge in [0.05, 0.1) is 12.8 Å². The lowest BCUT2D eigenvalue weighted by Crippen LogP contribution is -2.11. The van der Waals surface area contributed by atoms with E-state index < -0.39 is 0 Å². The number of nitrogens with one attached hydrogen (secondary N) is 1. The van der Waals surface area contributed by atoms with Crippen LogP contribution in [0.2, 0.25) is 0 Å². The van der Waals surface area contributed by atoms with Crippen LogP contribution in [-0.2, 0) is 0 Å². The van der Waals surface area contributed by atoms with Gasteiger partial charge in [-0.05, 0) is 55.5 Å². The Balaban J connectivity index is 1.53. The predicted molar refractivity (Wildman–Crippen MR) is 106 cm³/mol. The van der Waals surface area contributed by atoms with Gasteiger partial charge in [0.15, 0.2) is 5.13 Å². The number of aryl methyl sites for hydroxylation is 1. The molecule has 0 radical (unpaired) electrons. The van der Waals surface area contributed by atoms with Crippen molar-refractivity contribution >= 4 is 22.4 Å². The smallest absolute Gasteiger partial charge is 0.270 e. The number of methoxy groups -OCH3 is 1. The third-order valence-corrected chi connectivity index (χ3v) is 5.15. The number of carbonyl (C=O) groups is 1. The minimum atomic E-state index is -0.340. The fourth-order valence-electron chi connectivity index (χ4n) is 2.59. The Morgan fingerprint density at radius 3 is 2.52 bits per heavy atom. The topological polar surface area (TPSA) is 90.1 Å². The average molecular weight is 410 g/mol. The van der Waals surface area contributed by atoms with Crippen molar-refractivity contribution in [1.82, 2.24) is 15.1 Å². The van der Waals surface area contributed by atoms with Crippen LogP contribution in [0, 0.1) is 12.7 Å². The standard InChI is InChI=1S/C20H15FN4O3S/c1-11-16(19-23-17(25-28-19)12-3-7-14(21)8-4-12)29-20(22-11)24-18(26)13-5-9-15(27-2)10-6-13/h3-10H,1-2H3,(H,22,24,26). The summed E-state index contributed by atoms with van der Waals surface area (Å²) >= 11 is 1.23. The second-order valence-corrected chi connectivity index (χ2v) is 7.05. The van der Waals surface area contributed by atoms with Crippen LogP contribution >= 0.6 is 11.3 Å². The molecule has 2 heterocycles. The van der Waals surface area contributed by atoms with E-state index in [4.69, 9.17) is 9.26 Å². The van der Waals surface area contributed by atoms with Crippen LogP contribution in [-0.4, -0.2) is 28.1 Å². The Morgan fingerprint density at radius 1 is 1.10 bits per heavy atom. The van der Waals surface area contributed by atoms with Crippen LogP contribution in [0.25, 0.3) is 22.2 Å². The number of aromatic nitrogens is 3. The Morgan fingerprint density at radius 2 is 1.83 bits per heavy atom. The van der Waals surface area contributed by atoms with Gasteiger partial charge < -0.3 is 9.26 Å². The van der Waals surface area contributed by atoms with Gasteiger partial charge in [0.2, 0.25) is 5.82 Å². The highest BCUT2D eigenvalue weighted by molar-refractivity contribution is 7.19. The van der Waals surface area contributed by atoms with E-state index in [1.165, 1.54) is 23.5 Å². The highest BCUT2D eigenvalue weighted by atomic mass is 32.1. The van der Waals surface area contributed by atoms with Gasteiger partial charge in [-0.2, -0.15) is 4.98 Å². The Bertz CT molecular complexity index is 1150. The molecule has 0 aliphatic rings. The van der Waals surface area contributed by atoms with Gasteiger partial charge in [-0.25, -0.2) is 9.37 Å². The average Bonchev–Trinajstić information content (AvgIpc) is 3.35. The molecule has 0 saturated carbocycles. The fourth-order valence-corrected chi connectivity index (χ4v) is 3.48. The molecular weight excluding hydrogens is 395 g/mol. The summed E-state index contributed by atoms with van der Waals surface area (Å²) in [5, 5.41) is 7.12. The van der Waals surface area contributed by atoms with E-state index >= 15 is 0 Å². The molecule has 0 unspecified atom stereocenters. The van der Waals surface area contributed by atoms with Crippen molar-refractivity contribution in [3.63, 3.8) is 0 Å². The van der Waals surface area contributed by atoms with Crippen LogP contribution in [0.4, 0.5) is 9.52 Å². The number of hydrogen-bond acceptors (Lipinski definition) is 7. The molecule has 0 fully saturated rings. The predicted octanol–water partition coefficient (Wildman–Crippen LogP) is 4.57. The maximum Gasteiger partial charge on any atom is 0.270 e. The molecule has 0 saturated heterocycles. The molecule has 4 aromatic rings. The number of nitrogens with zero attached hydrogens (tertiary/aromatic N) is 3. The minimum Gasteiger partial charge on any atom is -0.497 e. The number of halogens is 1.